The molecule has 2 aromatic rings. The maximum absolute atomic E-state index is 12.4. The van der Waals surface area contributed by atoms with Crippen LogP contribution in [0.1, 0.15) is 18.3 Å². The molecule has 0 radical (unpaired) electrons. The molecule has 0 saturated heterocycles. The van der Waals surface area contributed by atoms with Gasteiger partial charge in [0.15, 0.2) is 5.03 Å². The van der Waals surface area contributed by atoms with Gasteiger partial charge >= 0.3 is 0 Å². The summed E-state index contributed by atoms with van der Waals surface area (Å²) in [6, 6.07) is 3.12. The molecule has 2 N–H and O–H groups in total. The molecule has 2 heterocycles. The van der Waals surface area contributed by atoms with Crippen LogP contribution in [0.25, 0.3) is 0 Å². The number of anilines is 1. The molecule has 0 amide bonds. The number of sulfone groups is 1. The van der Waals surface area contributed by atoms with E-state index in [1.165, 1.54) is 12.3 Å². The average Bonchev–Trinajstić information content (AvgIpc) is 2.66. The Morgan fingerprint density at radius 2 is 2.15 bits per heavy atom. The van der Waals surface area contributed by atoms with E-state index in [0.29, 0.717) is 5.69 Å². The summed E-state index contributed by atoms with van der Waals surface area (Å²) in [5, 5.41) is 4.19. The highest BCUT2D eigenvalue weighted by atomic mass is 79.9. The molecule has 0 atom stereocenters. The van der Waals surface area contributed by atoms with Gasteiger partial charge in [0.1, 0.15) is 0 Å². The summed E-state index contributed by atoms with van der Waals surface area (Å²) in [5.74, 6) is -0.196. The van der Waals surface area contributed by atoms with Crippen LogP contribution in [0.4, 0.5) is 5.69 Å². The summed E-state index contributed by atoms with van der Waals surface area (Å²) in [7, 11) is -1.89. The van der Waals surface area contributed by atoms with Crippen molar-refractivity contribution in [3.05, 3.63) is 34.2 Å². The van der Waals surface area contributed by atoms with Gasteiger partial charge < -0.3 is 5.73 Å². The Bertz CT molecular complexity index is 740. The number of pyridine rings is 1. The van der Waals surface area contributed by atoms with Crippen LogP contribution < -0.4 is 5.73 Å². The molecule has 0 unspecified atom stereocenters. The van der Waals surface area contributed by atoms with E-state index < -0.39 is 9.84 Å². The highest BCUT2D eigenvalue weighted by Crippen LogP contribution is 2.26. The van der Waals surface area contributed by atoms with E-state index in [1.807, 2.05) is 6.92 Å². The summed E-state index contributed by atoms with van der Waals surface area (Å²) >= 11 is 3.41. The first-order chi connectivity index (χ1) is 9.36. The third-order valence-corrected chi connectivity index (χ3v) is 5.42. The second kappa shape index (κ2) is 5.53. The minimum atomic E-state index is -3.61. The number of nitrogens with two attached hydrogens (primary N) is 1. The number of hydrogen-bond acceptors (Lipinski definition) is 5. The predicted molar refractivity (Wildman–Crippen MR) is 79.8 cm³/mol. The van der Waals surface area contributed by atoms with Gasteiger partial charge in [0.25, 0.3) is 0 Å². The maximum atomic E-state index is 12.4. The van der Waals surface area contributed by atoms with E-state index in [0.717, 1.165) is 16.6 Å². The number of halogens is 1. The molecular weight excluding hydrogens is 344 g/mol. The first-order valence-electron chi connectivity index (χ1n) is 6.00. The fourth-order valence-electron chi connectivity index (χ4n) is 1.89. The van der Waals surface area contributed by atoms with Gasteiger partial charge in [0.2, 0.25) is 9.84 Å². The van der Waals surface area contributed by atoms with E-state index in [-0.39, 0.29) is 16.5 Å². The monoisotopic (exact) mass is 358 g/mol. The fraction of sp³-hybridized carbons (Fsp3) is 0.333. The van der Waals surface area contributed by atoms with Crippen molar-refractivity contribution in [3.8, 4) is 0 Å². The van der Waals surface area contributed by atoms with Crippen molar-refractivity contribution in [3.63, 3.8) is 0 Å². The van der Waals surface area contributed by atoms with E-state index in [2.05, 4.69) is 26.0 Å². The number of aryl methyl sites for hydroxylation is 2. The summed E-state index contributed by atoms with van der Waals surface area (Å²) in [4.78, 5) is 3.87. The maximum Gasteiger partial charge on any atom is 0.203 e. The quantitative estimate of drug-likeness (QED) is 0.897. The van der Waals surface area contributed by atoms with E-state index in [9.17, 15) is 8.42 Å². The number of nitrogen functional groups attached to an aromatic ring is 1. The molecule has 2 aromatic heterocycles. The third-order valence-electron chi connectivity index (χ3n) is 2.92. The summed E-state index contributed by atoms with van der Waals surface area (Å²) in [5.41, 5.74) is 7.26. The molecule has 0 aliphatic rings. The minimum absolute atomic E-state index is 0.0915. The van der Waals surface area contributed by atoms with Crippen molar-refractivity contribution in [2.24, 2.45) is 7.05 Å². The van der Waals surface area contributed by atoms with Gasteiger partial charge in [-0.15, -0.1) is 0 Å². The van der Waals surface area contributed by atoms with Crippen LogP contribution in [0.3, 0.4) is 0 Å². The standard InChI is InChI=1S/C12H15BrN4O2S/c1-3-9-11(13)10(17(2)16-9)7-20(18,19)12-8(14)5-4-6-15-12/h4-6H,3,7,14H2,1-2H3. The van der Waals surface area contributed by atoms with Gasteiger partial charge in [-0.05, 0) is 34.5 Å². The Hall–Kier alpha value is -1.41. The number of hydrogen-bond donors (Lipinski definition) is 1. The Morgan fingerprint density at radius 3 is 2.70 bits per heavy atom. The predicted octanol–water partition coefficient (Wildman–Crippen LogP) is 1.70. The normalized spacial score (nSPS) is 11.8. The average molecular weight is 359 g/mol. The zero-order chi connectivity index (χ0) is 14.9. The van der Waals surface area contributed by atoms with E-state index >= 15 is 0 Å². The first kappa shape index (κ1) is 15.0. The number of nitrogens with zero attached hydrogens (tertiary/aromatic N) is 3. The lowest BCUT2D eigenvalue weighted by Gasteiger charge is -2.07. The smallest absolute Gasteiger partial charge is 0.203 e. The van der Waals surface area contributed by atoms with E-state index in [4.69, 9.17) is 5.73 Å². The molecule has 6 nitrogen and oxygen atoms in total. The molecule has 0 aliphatic carbocycles. The van der Waals surface area contributed by atoms with Gasteiger partial charge in [-0.3, -0.25) is 4.68 Å². The minimum Gasteiger partial charge on any atom is -0.396 e. The van der Waals surface area contributed by atoms with Gasteiger partial charge in [0, 0.05) is 13.2 Å². The zero-order valence-electron chi connectivity index (χ0n) is 11.2. The number of rotatable bonds is 4. The topological polar surface area (TPSA) is 90.9 Å². The van der Waals surface area contributed by atoms with Crippen LogP contribution in [0.2, 0.25) is 0 Å². The van der Waals surface area contributed by atoms with Gasteiger partial charge in [-0.25, -0.2) is 13.4 Å². The van der Waals surface area contributed by atoms with Crippen LogP contribution in [0.15, 0.2) is 27.8 Å². The van der Waals surface area contributed by atoms with Crippen molar-refractivity contribution >= 4 is 31.5 Å². The zero-order valence-corrected chi connectivity index (χ0v) is 13.6. The molecule has 0 aromatic carbocycles. The van der Waals surface area contributed by atoms with Crippen molar-refractivity contribution in [1.29, 1.82) is 0 Å². The first-order valence-corrected chi connectivity index (χ1v) is 8.44. The molecule has 8 heteroatoms. The van der Waals surface area contributed by atoms with Crippen molar-refractivity contribution in [2.45, 2.75) is 24.1 Å². The van der Waals surface area contributed by atoms with Crippen LogP contribution >= 0.6 is 15.9 Å². The summed E-state index contributed by atoms with van der Waals surface area (Å²) in [6.07, 6.45) is 2.14. The lowest BCUT2D eigenvalue weighted by molar-refractivity contribution is 0.588. The van der Waals surface area contributed by atoms with Crippen molar-refractivity contribution in [2.75, 3.05) is 5.73 Å². The Kier molecular flexibility index (Phi) is 4.14. The fourth-order valence-corrected chi connectivity index (χ4v) is 4.31. The largest absolute Gasteiger partial charge is 0.396 e. The van der Waals surface area contributed by atoms with Crippen LogP contribution in [0, 0.1) is 0 Å². The molecule has 2 rings (SSSR count). The number of aromatic nitrogens is 3. The summed E-state index contributed by atoms with van der Waals surface area (Å²) < 4.78 is 27.1. The van der Waals surface area contributed by atoms with Gasteiger partial charge in [0.05, 0.1) is 27.3 Å². The summed E-state index contributed by atoms with van der Waals surface area (Å²) in [6.45, 7) is 1.96. The second-order valence-corrected chi connectivity index (χ2v) is 7.04. The molecule has 0 bridgehead atoms. The van der Waals surface area contributed by atoms with Crippen LogP contribution in [-0.2, 0) is 29.1 Å². The Balaban J connectivity index is 2.44. The van der Waals surface area contributed by atoms with E-state index in [1.54, 1.807) is 17.8 Å². The third kappa shape index (κ3) is 2.71. The second-order valence-electron chi connectivity index (χ2n) is 4.34. The Morgan fingerprint density at radius 1 is 1.45 bits per heavy atom. The lowest BCUT2D eigenvalue weighted by atomic mass is 10.3. The molecule has 0 saturated carbocycles. The molecule has 0 aliphatic heterocycles. The van der Waals surface area contributed by atoms with Crippen molar-refractivity contribution < 1.29 is 8.42 Å². The molecule has 20 heavy (non-hydrogen) atoms. The Labute approximate surface area is 126 Å². The lowest BCUT2D eigenvalue weighted by Crippen LogP contribution is -2.12. The highest BCUT2D eigenvalue weighted by Gasteiger charge is 2.24. The van der Waals surface area contributed by atoms with Gasteiger partial charge in [-0.1, -0.05) is 6.92 Å². The van der Waals surface area contributed by atoms with Gasteiger partial charge in [-0.2, -0.15) is 5.10 Å². The SMILES string of the molecule is CCc1nn(C)c(CS(=O)(=O)c2ncccc2N)c1Br. The molecule has 108 valence electrons. The highest BCUT2D eigenvalue weighted by molar-refractivity contribution is 9.10. The molecule has 0 fully saturated rings. The van der Waals surface area contributed by atoms with Crippen molar-refractivity contribution in [1.82, 2.24) is 14.8 Å². The van der Waals surface area contributed by atoms with Crippen LogP contribution in [-0.4, -0.2) is 23.2 Å². The molecular formula is C12H15BrN4O2S. The van der Waals surface area contributed by atoms with Crippen LogP contribution in [0.5, 0.6) is 0 Å². The molecule has 0 spiro atoms.